The molecule has 0 unspecified atom stereocenters. The Morgan fingerprint density at radius 3 is 1.52 bits per heavy atom. The molecule has 3 N–H and O–H groups in total. The highest BCUT2D eigenvalue weighted by Crippen LogP contribution is 2.28. The van der Waals surface area contributed by atoms with Gasteiger partial charge in [-0.2, -0.15) is 0 Å². The SMILES string of the molecule is COCCN(CCO)C(=S)SSCCCCCCSSC(=S)N(CCO)CCO. The number of thiocarbonyl (C=S) groups is 2. The van der Waals surface area contributed by atoms with Gasteiger partial charge in [-0.25, -0.2) is 0 Å². The van der Waals surface area contributed by atoms with Crippen LogP contribution in [-0.2, 0) is 4.74 Å². The van der Waals surface area contributed by atoms with Crippen molar-refractivity contribution in [3.63, 3.8) is 0 Å². The summed E-state index contributed by atoms with van der Waals surface area (Å²) in [7, 11) is 8.33. The van der Waals surface area contributed by atoms with Crippen LogP contribution < -0.4 is 0 Å². The number of ether oxygens (including phenoxy) is 1. The molecule has 0 aromatic heterocycles. The zero-order chi connectivity index (χ0) is 21.7. The summed E-state index contributed by atoms with van der Waals surface area (Å²) in [6.45, 7) is 2.97. The van der Waals surface area contributed by atoms with Crippen molar-refractivity contribution in [1.29, 1.82) is 0 Å². The van der Waals surface area contributed by atoms with Crippen LogP contribution in [-0.4, -0.2) is 105 Å². The largest absolute Gasteiger partial charge is 0.395 e. The average Bonchev–Trinajstić information content (AvgIpc) is 2.71. The minimum atomic E-state index is 0.0407. The maximum atomic E-state index is 9.13. The van der Waals surface area contributed by atoms with Crippen molar-refractivity contribution in [2.75, 3.05) is 71.2 Å². The Morgan fingerprint density at radius 1 is 0.724 bits per heavy atom. The molecule has 0 spiro atoms. The second-order valence-electron chi connectivity index (χ2n) is 5.89. The van der Waals surface area contributed by atoms with E-state index in [-0.39, 0.29) is 19.8 Å². The molecule has 0 amide bonds. The molecule has 0 saturated carbocycles. The Kier molecular flexibility index (Phi) is 23.0. The molecular formula is C17H34N2O4S6. The number of hydrogen-bond acceptors (Lipinski definition) is 10. The van der Waals surface area contributed by atoms with Gasteiger partial charge in [-0.3, -0.25) is 0 Å². The Bertz CT molecular complexity index is 417. The maximum absolute atomic E-state index is 9.13. The molecule has 0 fully saturated rings. The molecule has 0 heterocycles. The molecule has 12 heteroatoms. The quantitative estimate of drug-likeness (QED) is 0.141. The number of hydrogen-bond donors (Lipinski definition) is 3. The second-order valence-corrected chi connectivity index (χ2v) is 12.0. The highest BCUT2D eigenvalue weighted by Gasteiger charge is 2.10. The van der Waals surface area contributed by atoms with E-state index in [0.29, 0.717) is 32.8 Å². The fraction of sp³-hybridized carbons (Fsp3) is 0.882. The lowest BCUT2D eigenvalue weighted by molar-refractivity contribution is 0.167. The van der Waals surface area contributed by atoms with Crippen molar-refractivity contribution in [2.45, 2.75) is 25.7 Å². The first-order chi connectivity index (χ1) is 14.1. The van der Waals surface area contributed by atoms with Crippen molar-refractivity contribution in [3.8, 4) is 0 Å². The predicted molar refractivity (Wildman–Crippen MR) is 140 cm³/mol. The minimum absolute atomic E-state index is 0.0407. The van der Waals surface area contributed by atoms with E-state index in [1.165, 1.54) is 12.8 Å². The standard InChI is InChI=1S/C17H34N2O4S6/c1-23-13-9-19(8-12-22)17(25)29-27-15-5-3-2-4-14-26-28-16(24)18(6-10-20)7-11-21/h20-22H,2-15H2,1H3. The predicted octanol–water partition coefficient (Wildman–Crippen LogP) is 3.11. The number of methoxy groups -OCH3 is 1. The number of unbranched alkanes of at least 4 members (excludes halogenated alkanes) is 3. The summed E-state index contributed by atoms with van der Waals surface area (Å²) >= 11 is 10.8. The van der Waals surface area contributed by atoms with Crippen molar-refractivity contribution in [3.05, 3.63) is 0 Å². The topological polar surface area (TPSA) is 76.4 Å². The lowest BCUT2D eigenvalue weighted by atomic mass is 10.2. The summed E-state index contributed by atoms with van der Waals surface area (Å²) in [5.41, 5.74) is 0. The van der Waals surface area contributed by atoms with Gasteiger partial charge in [0.1, 0.15) is 8.64 Å². The molecule has 0 saturated heterocycles. The van der Waals surface area contributed by atoms with Crippen LogP contribution in [0.2, 0.25) is 0 Å². The maximum Gasteiger partial charge on any atom is 0.147 e. The fourth-order valence-corrected chi connectivity index (χ4v) is 7.38. The Balaban J connectivity index is 3.65. The number of nitrogens with zero attached hydrogens (tertiary/aromatic N) is 2. The summed E-state index contributed by atoms with van der Waals surface area (Å²) < 4.78 is 6.61. The molecule has 172 valence electrons. The third-order valence-electron chi connectivity index (χ3n) is 3.66. The Morgan fingerprint density at radius 2 is 1.14 bits per heavy atom. The van der Waals surface area contributed by atoms with Crippen LogP contribution in [0.3, 0.4) is 0 Å². The van der Waals surface area contributed by atoms with Gasteiger partial charge in [-0.05, 0) is 34.4 Å². The van der Waals surface area contributed by atoms with Crippen LogP contribution in [0.25, 0.3) is 0 Å². The summed E-state index contributed by atoms with van der Waals surface area (Å²) in [6, 6.07) is 0. The average molecular weight is 523 g/mol. The lowest BCUT2D eigenvalue weighted by Gasteiger charge is -2.22. The molecule has 0 radical (unpaired) electrons. The van der Waals surface area contributed by atoms with Crippen LogP contribution in [0, 0.1) is 0 Å². The molecule has 0 aromatic rings. The Hall–Kier alpha value is 1.02. The van der Waals surface area contributed by atoms with Gasteiger partial charge in [-0.15, -0.1) is 0 Å². The molecule has 0 aliphatic carbocycles. The molecular weight excluding hydrogens is 489 g/mol. The van der Waals surface area contributed by atoms with Gasteiger partial charge in [0.05, 0.1) is 26.4 Å². The van der Waals surface area contributed by atoms with E-state index in [1.807, 2.05) is 9.80 Å². The van der Waals surface area contributed by atoms with Crippen LogP contribution in [0.1, 0.15) is 25.7 Å². The highest BCUT2D eigenvalue weighted by atomic mass is 33.1. The summed E-state index contributed by atoms with van der Waals surface area (Å²) in [6.07, 6.45) is 4.70. The van der Waals surface area contributed by atoms with E-state index in [9.17, 15) is 0 Å². The van der Waals surface area contributed by atoms with Crippen LogP contribution >= 0.6 is 67.6 Å². The van der Waals surface area contributed by atoms with Gasteiger partial charge >= 0.3 is 0 Å². The van der Waals surface area contributed by atoms with E-state index in [1.54, 1.807) is 50.3 Å². The third kappa shape index (κ3) is 17.3. The highest BCUT2D eigenvalue weighted by molar-refractivity contribution is 8.84. The lowest BCUT2D eigenvalue weighted by Crippen LogP contribution is -2.33. The minimum Gasteiger partial charge on any atom is -0.395 e. The van der Waals surface area contributed by atoms with E-state index >= 15 is 0 Å². The zero-order valence-corrected chi connectivity index (χ0v) is 21.9. The first-order valence-corrected chi connectivity index (χ1v) is 15.0. The third-order valence-corrected chi connectivity index (χ3v) is 9.91. The molecule has 0 rings (SSSR count). The normalized spacial score (nSPS) is 10.9. The summed E-state index contributed by atoms with van der Waals surface area (Å²) in [5, 5.41) is 27.2. The van der Waals surface area contributed by atoms with Crippen molar-refractivity contribution in [1.82, 2.24) is 9.80 Å². The number of aliphatic hydroxyl groups is 3. The smallest absolute Gasteiger partial charge is 0.147 e. The molecule has 0 aliphatic heterocycles. The van der Waals surface area contributed by atoms with Crippen LogP contribution in [0.5, 0.6) is 0 Å². The fourth-order valence-electron chi connectivity index (χ4n) is 2.12. The van der Waals surface area contributed by atoms with Crippen LogP contribution in [0.4, 0.5) is 0 Å². The van der Waals surface area contributed by atoms with Gasteiger partial charge in [0.15, 0.2) is 0 Å². The van der Waals surface area contributed by atoms with Gasteiger partial charge in [0, 0.05) is 44.8 Å². The Labute approximate surface area is 202 Å². The molecule has 29 heavy (non-hydrogen) atoms. The first kappa shape index (κ1) is 30.0. The van der Waals surface area contributed by atoms with E-state index < -0.39 is 0 Å². The van der Waals surface area contributed by atoms with E-state index in [4.69, 9.17) is 44.5 Å². The number of aliphatic hydroxyl groups excluding tert-OH is 3. The first-order valence-electron chi connectivity index (χ1n) is 9.58. The van der Waals surface area contributed by atoms with E-state index in [2.05, 4.69) is 0 Å². The van der Waals surface area contributed by atoms with E-state index in [0.717, 1.165) is 33.0 Å². The van der Waals surface area contributed by atoms with Gasteiger partial charge in [0.25, 0.3) is 0 Å². The van der Waals surface area contributed by atoms with Gasteiger partial charge in [-0.1, -0.05) is 58.9 Å². The molecule has 6 nitrogen and oxygen atoms in total. The van der Waals surface area contributed by atoms with Crippen molar-refractivity contribution < 1.29 is 20.1 Å². The van der Waals surface area contributed by atoms with Crippen LogP contribution in [0.15, 0.2) is 0 Å². The van der Waals surface area contributed by atoms with Gasteiger partial charge < -0.3 is 29.9 Å². The van der Waals surface area contributed by atoms with Crippen molar-refractivity contribution in [2.24, 2.45) is 0 Å². The summed E-state index contributed by atoms with van der Waals surface area (Å²) in [5.74, 6) is 2.10. The second kappa shape index (κ2) is 22.2. The molecule has 0 aromatic carbocycles. The zero-order valence-electron chi connectivity index (χ0n) is 17.0. The number of rotatable bonds is 18. The molecule has 0 aliphatic rings. The summed E-state index contributed by atoms with van der Waals surface area (Å²) in [4.78, 5) is 3.82. The monoisotopic (exact) mass is 522 g/mol. The van der Waals surface area contributed by atoms with Crippen molar-refractivity contribution >= 4 is 76.3 Å². The molecule has 0 atom stereocenters. The van der Waals surface area contributed by atoms with Gasteiger partial charge in [0.2, 0.25) is 0 Å². The molecule has 0 bridgehead atoms.